The minimum Gasteiger partial charge on any atom is -0.480 e. The van der Waals surface area contributed by atoms with Crippen LogP contribution in [-0.2, 0) is 17.6 Å². The summed E-state index contributed by atoms with van der Waals surface area (Å²) in [4.78, 5) is 28.1. The van der Waals surface area contributed by atoms with E-state index in [2.05, 4.69) is 10.3 Å². The summed E-state index contributed by atoms with van der Waals surface area (Å²) in [5.41, 5.74) is 3.16. The Morgan fingerprint density at radius 3 is 2.67 bits per heavy atom. The molecule has 5 nitrogen and oxygen atoms in total. The quantitative estimate of drug-likeness (QED) is 0.857. The largest absolute Gasteiger partial charge is 0.480 e. The summed E-state index contributed by atoms with van der Waals surface area (Å²) in [5, 5.41) is 11.9. The standard InChI is InChI=1S/C15H16N2O3S/c1-2-11-13(21-9-16-11)14(18)17-12(15(19)20)8-10-6-4-3-5-7-10/h3-7,9,12H,2,8H2,1H3,(H,17,18)(H,19,20)/t12-/m1/s1. The van der Waals surface area contributed by atoms with Crippen LogP contribution in [0.3, 0.4) is 0 Å². The van der Waals surface area contributed by atoms with Crippen molar-refractivity contribution in [3.8, 4) is 0 Å². The predicted molar refractivity (Wildman–Crippen MR) is 80.5 cm³/mol. The van der Waals surface area contributed by atoms with E-state index in [0.717, 1.165) is 5.56 Å². The Hall–Kier alpha value is -2.21. The molecule has 0 saturated heterocycles. The number of hydrogen-bond donors (Lipinski definition) is 2. The van der Waals surface area contributed by atoms with Gasteiger partial charge in [0.15, 0.2) is 0 Å². The summed E-state index contributed by atoms with van der Waals surface area (Å²) in [5.74, 6) is -1.42. The average molecular weight is 304 g/mol. The number of carbonyl (C=O) groups excluding carboxylic acids is 1. The summed E-state index contributed by atoms with van der Waals surface area (Å²) in [7, 11) is 0. The SMILES string of the molecule is CCc1ncsc1C(=O)N[C@H](Cc1ccccc1)C(=O)O. The highest BCUT2D eigenvalue weighted by atomic mass is 32.1. The van der Waals surface area contributed by atoms with E-state index < -0.39 is 12.0 Å². The molecule has 0 unspecified atom stereocenters. The van der Waals surface area contributed by atoms with Crippen LogP contribution in [0.15, 0.2) is 35.8 Å². The van der Waals surface area contributed by atoms with E-state index in [0.29, 0.717) is 17.0 Å². The van der Waals surface area contributed by atoms with Crippen molar-refractivity contribution in [2.45, 2.75) is 25.8 Å². The Bertz CT molecular complexity index is 625. The Kier molecular flexibility index (Phi) is 5.05. The Balaban J connectivity index is 2.10. The van der Waals surface area contributed by atoms with Gasteiger partial charge in [-0.3, -0.25) is 4.79 Å². The number of nitrogens with zero attached hydrogens (tertiary/aromatic N) is 1. The summed E-state index contributed by atoms with van der Waals surface area (Å²) < 4.78 is 0. The molecule has 21 heavy (non-hydrogen) atoms. The van der Waals surface area contributed by atoms with Gasteiger partial charge in [-0.15, -0.1) is 11.3 Å². The summed E-state index contributed by atoms with van der Waals surface area (Å²) >= 11 is 1.23. The van der Waals surface area contributed by atoms with E-state index in [4.69, 9.17) is 0 Å². The molecule has 0 aliphatic carbocycles. The molecule has 0 aliphatic rings. The molecule has 1 aromatic heterocycles. The maximum atomic E-state index is 12.2. The number of benzene rings is 1. The van der Waals surface area contributed by atoms with Gasteiger partial charge in [0.05, 0.1) is 11.2 Å². The maximum Gasteiger partial charge on any atom is 0.326 e. The lowest BCUT2D eigenvalue weighted by Crippen LogP contribution is -2.42. The second kappa shape index (κ2) is 6.99. The molecule has 1 atom stereocenters. The minimum atomic E-state index is -1.05. The molecule has 0 radical (unpaired) electrons. The van der Waals surface area contributed by atoms with Crippen molar-refractivity contribution in [2.75, 3.05) is 0 Å². The van der Waals surface area contributed by atoms with Crippen molar-refractivity contribution in [3.63, 3.8) is 0 Å². The maximum absolute atomic E-state index is 12.2. The molecule has 0 fully saturated rings. The first-order valence-corrected chi connectivity index (χ1v) is 7.49. The second-order valence-corrected chi connectivity index (χ2v) is 5.39. The van der Waals surface area contributed by atoms with Crippen LogP contribution in [0.5, 0.6) is 0 Å². The number of rotatable bonds is 6. The van der Waals surface area contributed by atoms with Crippen LogP contribution in [-0.4, -0.2) is 28.0 Å². The molecule has 2 N–H and O–H groups in total. The fraction of sp³-hybridized carbons (Fsp3) is 0.267. The number of nitrogens with one attached hydrogen (secondary N) is 1. The van der Waals surface area contributed by atoms with Gasteiger partial charge in [0.2, 0.25) is 0 Å². The van der Waals surface area contributed by atoms with Crippen molar-refractivity contribution in [2.24, 2.45) is 0 Å². The van der Waals surface area contributed by atoms with Crippen molar-refractivity contribution >= 4 is 23.2 Å². The van der Waals surface area contributed by atoms with E-state index in [1.165, 1.54) is 11.3 Å². The monoisotopic (exact) mass is 304 g/mol. The fourth-order valence-electron chi connectivity index (χ4n) is 1.98. The predicted octanol–water partition coefficient (Wildman–Crippen LogP) is 2.13. The molecule has 2 aromatic rings. The molecule has 0 saturated carbocycles. The highest BCUT2D eigenvalue weighted by Gasteiger charge is 2.23. The van der Waals surface area contributed by atoms with Crippen molar-refractivity contribution in [1.29, 1.82) is 0 Å². The summed E-state index contributed by atoms with van der Waals surface area (Å²) in [6, 6.07) is 8.27. The third kappa shape index (κ3) is 3.88. The van der Waals surface area contributed by atoms with Crippen LogP contribution in [0, 0.1) is 0 Å². The van der Waals surface area contributed by atoms with Gasteiger partial charge >= 0.3 is 5.97 Å². The van der Waals surface area contributed by atoms with Gasteiger partial charge in [-0.1, -0.05) is 37.3 Å². The summed E-state index contributed by atoms with van der Waals surface area (Å²) in [6.07, 6.45) is 0.894. The first-order valence-electron chi connectivity index (χ1n) is 6.61. The topological polar surface area (TPSA) is 79.3 Å². The third-order valence-electron chi connectivity index (χ3n) is 3.07. The van der Waals surface area contributed by atoms with Gasteiger partial charge in [-0.2, -0.15) is 0 Å². The second-order valence-electron chi connectivity index (χ2n) is 4.54. The molecule has 1 aromatic carbocycles. The summed E-state index contributed by atoms with van der Waals surface area (Å²) in [6.45, 7) is 1.91. The van der Waals surface area contributed by atoms with E-state index >= 15 is 0 Å². The highest BCUT2D eigenvalue weighted by Crippen LogP contribution is 2.14. The molecule has 1 heterocycles. The zero-order valence-electron chi connectivity index (χ0n) is 11.6. The molecule has 0 aliphatic heterocycles. The fourth-order valence-corrected chi connectivity index (χ4v) is 2.76. The van der Waals surface area contributed by atoms with Gasteiger partial charge in [-0.25, -0.2) is 9.78 Å². The number of hydrogen-bond acceptors (Lipinski definition) is 4. The van der Waals surface area contributed by atoms with Crippen LogP contribution < -0.4 is 5.32 Å². The normalized spacial score (nSPS) is 11.9. The number of thiazole rings is 1. The number of carboxylic acids is 1. The number of aryl methyl sites for hydroxylation is 1. The lowest BCUT2D eigenvalue weighted by molar-refractivity contribution is -0.139. The number of carboxylic acid groups (broad SMARTS) is 1. The van der Waals surface area contributed by atoms with Gasteiger partial charge in [0.1, 0.15) is 10.9 Å². The van der Waals surface area contributed by atoms with Crippen LogP contribution in [0.1, 0.15) is 27.9 Å². The van der Waals surface area contributed by atoms with Crippen LogP contribution in [0.2, 0.25) is 0 Å². The molecule has 0 bridgehead atoms. The minimum absolute atomic E-state index is 0.252. The van der Waals surface area contributed by atoms with Crippen molar-refractivity contribution in [1.82, 2.24) is 10.3 Å². The highest BCUT2D eigenvalue weighted by molar-refractivity contribution is 7.11. The van der Waals surface area contributed by atoms with Crippen molar-refractivity contribution < 1.29 is 14.7 Å². The van der Waals surface area contributed by atoms with Crippen LogP contribution in [0.4, 0.5) is 0 Å². The van der Waals surface area contributed by atoms with Gasteiger partial charge in [0, 0.05) is 6.42 Å². The molecular weight excluding hydrogens is 288 g/mol. The number of carbonyl (C=O) groups is 2. The van der Waals surface area contributed by atoms with E-state index in [-0.39, 0.29) is 12.3 Å². The number of aromatic nitrogens is 1. The smallest absolute Gasteiger partial charge is 0.326 e. The first kappa shape index (κ1) is 15.2. The molecule has 1 amide bonds. The lowest BCUT2D eigenvalue weighted by Gasteiger charge is -2.14. The molecule has 110 valence electrons. The molecule has 2 rings (SSSR count). The average Bonchev–Trinajstić information content (AvgIpc) is 2.96. The van der Waals surface area contributed by atoms with Crippen molar-refractivity contribution in [3.05, 3.63) is 52.0 Å². The first-order chi connectivity index (χ1) is 10.1. The lowest BCUT2D eigenvalue weighted by atomic mass is 10.1. The van der Waals surface area contributed by atoms with Crippen LogP contribution in [0.25, 0.3) is 0 Å². The number of amides is 1. The van der Waals surface area contributed by atoms with Crippen LogP contribution >= 0.6 is 11.3 Å². The van der Waals surface area contributed by atoms with E-state index in [1.54, 1.807) is 5.51 Å². The van der Waals surface area contributed by atoms with Gasteiger partial charge < -0.3 is 10.4 Å². The number of aliphatic carboxylic acids is 1. The molecule has 0 spiro atoms. The molecular formula is C15H16N2O3S. The zero-order valence-corrected chi connectivity index (χ0v) is 12.4. The Labute approximate surface area is 126 Å². The van der Waals surface area contributed by atoms with E-state index in [9.17, 15) is 14.7 Å². The van der Waals surface area contributed by atoms with Gasteiger partial charge in [0.25, 0.3) is 5.91 Å². The third-order valence-corrected chi connectivity index (χ3v) is 3.94. The Morgan fingerprint density at radius 2 is 2.05 bits per heavy atom. The zero-order chi connectivity index (χ0) is 15.2. The Morgan fingerprint density at radius 1 is 1.33 bits per heavy atom. The van der Waals surface area contributed by atoms with E-state index in [1.807, 2.05) is 37.3 Å². The van der Waals surface area contributed by atoms with Gasteiger partial charge in [-0.05, 0) is 12.0 Å². The molecule has 6 heteroatoms.